The van der Waals surface area contributed by atoms with Crippen molar-refractivity contribution in [2.75, 3.05) is 39.5 Å². The van der Waals surface area contributed by atoms with Gasteiger partial charge in [-0.05, 0) is 97.7 Å². The van der Waals surface area contributed by atoms with Crippen LogP contribution in [0, 0.1) is 46.3 Å². The standard InChI is InChI=1S/C32H58N2O7S.Na/c1-21(8-11-29(38)33-14-6-15-34(4,5)16-7-17-42(39,40)41)24-9-10-25-30-26(20-28(37)32(24,25)3)31(2)13-12-23(35)18-22(31)19-27(30)36;/h21-28,30,35-37H,6-20H2,1-5H3,(H-,33,38,39,40,41);/q;+1/p+1/t21-,22+,23-,24-,25+,26+,27-,28+,30+,31+,32-;/m1./s1. The van der Waals surface area contributed by atoms with E-state index >= 15 is 0 Å². The Bertz CT molecular complexity index is 1060. The van der Waals surface area contributed by atoms with Crippen molar-refractivity contribution in [1.29, 1.82) is 0 Å². The van der Waals surface area contributed by atoms with Crippen LogP contribution in [0.1, 0.15) is 91.4 Å². The summed E-state index contributed by atoms with van der Waals surface area (Å²) >= 11 is 0. The Labute approximate surface area is 282 Å². The fourth-order valence-electron chi connectivity index (χ4n) is 10.3. The summed E-state index contributed by atoms with van der Waals surface area (Å²) in [5.41, 5.74) is -0.185. The molecule has 0 heterocycles. The van der Waals surface area contributed by atoms with E-state index in [9.17, 15) is 28.5 Å². The normalized spacial score (nSPS) is 40.0. The van der Waals surface area contributed by atoms with Gasteiger partial charge in [-0.2, -0.15) is 8.42 Å². The van der Waals surface area contributed by atoms with Crippen molar-refractivity contribution in [1.82, 2.24) is 5.32 Å². The van der Waals surface area contributed by atoms with Crippen LogP contribution in [0.5, 0.6) is 0 Å². The predicted molar refractivity (Wildman–Crippen MR) is 163 cm³/mol. The number of carbonyl (C=O) groups is 1. The maximum absolute atomic E-state index is 12.7. The molecule has 9 nitrogen and oxygen atoms in total. The van der Waals surface area contributed by atoms with Gasteiger partial charge in [0.15, 0.2) is 0 Å². The maximum atomic E-state index is 12.7. The van der Waals surface area contributed by atoms with Gasteiger partial charge in [0.2, 0.25) is 5.91 Å². The van der Waals surface area contributed by atoms with Crippen molar-refractivity contribution in [3.8, 4) is 0 Å². The Morgan fingerprint density at radius 2 is 1.67 bits per heavy atom. The molecule has 1 amide bonds. The minimum absolute atomic E-state index is 0. The van der Waals surface area contributed by atoms with Crippen molar-refractivity contribution in [2.24, 2.45) is 46.3 Å². The summed E-state index contributed by atoms with van der Waals surface area (Å²) in [6, 6.07) is 0. The molecule has 4 aliphatic carbocycles. The smallest absolute Gasteiger partial charge is 0.393 e. The summed E-state index contributed by atoms with van der Waals surface area (Å²) in [5.74, 6) is 1.52. The summed E-state index contributed by atoms with van der Waals surface area (Å²) in [6.45, 7) is 8.87. The number of nitrogens with zero attached hydrogens (tertiary/aromatic N) is 1. The SMILES string of the molecule is C[C@H](CCC(=O)NCCC[N+](C)(C)CCCS(=O)(=O)O)[C@H]1CC[C@H]2[C@@H]3[C@H](O)C[C@@H]4C[C@H](O)CC[C@]4(C)[C@H]3C[C@H](O)[C@]12C.[Na+]. The van der Waals surface area contributed by atoms with Crippen LogP contribution < -0.4 is 34.9 Å². The van der Waals surface area contributed by atoms with Gasteiger partial charge in [0.1, 0.15) is 0 Å². The number of aliphatic hydroxyl groups excluding tert-OH is 3. The topological polar surface area (TPSA) is 144 Å². The number of fused-ring (bicyclic) bond motifs is 5. The van der Waals surface area contributed by atoms with Gasteiger partial charge in [-0.1, -0.05) is 20.8 Å². The van der Waals surface area contributed by atoms with Crippen molar-refractivity contribution >= 4 is 16.0 Å². The summed E-state index contributed by atoms with van der Waals surface area (Å²) in [6.07, 6.45) is 7.47. The van der Waals surface area contributed by atoms with E-state index in [-0.39, 0.29) is 82.0 Å². The van der Waals surface area contributed by atoms with Crippen LogP contribution >= 0.6 is 0 Å². The number of amides is 1. The number of hydrogen-bond donors (Lipinski definition) is 5. The number of aliphatic hydroxyl groups is 3. The molecule has 43 heavy (non-hydrogen) atoms. The van der Waals surface area contributed by atoms with Crippen molar-refractivity contribution in [3.05, 3.63) is 0 Å². The van der Waals surface area contributed by atoms with Gasteiger partial charge in [-0.25, -0.2) is 0 Å². The Morgan fingerprint density at radius 3 is 2.35 bits per heavy atom. The van der Waals surface area contributed by atoms with Gasteiger partial charge in [0.25, 0.3) is 10.1 Å². The minimum atomic E-state index is -3.93. The molecule has 0 unspecified atom stereocenters. The van der Waals surface area contributed by atoms with E-state index in [1.807, 2.05) is 14.1 Å². The molecular weight excluding hydrogens is 579 g/mol. The number of quaternary nitrogens is 1. The van der Waals surface area contributed by atoms with Crippen molar-refractivity contribution in [2.45, 2.75) is 110 Å². The maximum Gasteiger partial charge on any atom is 1.00 e. The van der Waals surface area contributed by atoms with Crippen LogP contribution in [0.25, 0.3) is 0 Å². The van der Waals surface area contributed by atoms with Crippen molar-refractivity contribution in [3.63, 3.8) is 0 Å². The molecule has 0 bridgehead atoms. The first-order valence-corrected chi connectivity index (χ1v) is 18.2. The van der Waals surface area contributed by atoms with Crippen LogP contribution in [0.2, 0.25) is 0 Å². The van der Waals surface area contributed by atoms with Gasteiger partial charge in [-0.3, -0.25) is 9.35 Å². The molecule has 244 valence electrons. The van der Waals surface area contributed by atoms with E-state index in [2.05, 4.69) is 26.1 Å². The van der Waals surface area contributed by atoms with E-state index in [4.69, 9.17) is 4.55 Å². The van der Waals surface area contributed by atoms with Crippen LogP contribution in [0.15, 0.2) is 0 Å². The molecule has 4 aliphatic rings. The van der Waals surface area contributed by atoms with E-state index in [1.165, 1.54) is 0 Å². The molecule has 4 fully saturated rings. The number of rotatable bonds is 12. The molecule has 11 heteroatoms. The molecule has 0 aliphatic heterocycles. The van der Waals surface area contributed by atoms with Gasteiger partial charge >= 0.3 is 29.6 Å². The van der Waals surface area contributed by atoms with Crippen LogP contribution in [0.3, 0.4) is 0 Å². The Balaban J connectivity index is 0.00000506. The average Bonchev–Trinajstić information content (AvgIpc) is 3.24. The van der Waals surface area contributed by atoms with Crippen molar-refractivity contribution < 1.29 is 67.1 Å². The van der Waals surface area contributed by atoms with Gasteiger partial charge in [0, 0.05) is 25.8 Å². The Hall–Kier alpha value is 0.220. The Morgan fingerprint density at radius 1 is 1.00 bits per heavy atom. The van der Waals surface area contributed by atoms with Crippen LogP contribution in [-0.2, 0) is 14.9 Å². The first-order valence-electron chi connectivity index (χ1n) is 16.6. The molecule has 0 aromatic rings. The molecule has 5 N–H and O–H groups in total. The molecular formula is C32H59N2NaO7S+2. The zero-order chi connectivity index (χ0) is 31.1. The predicted octanol–water partition coefficient (Wildman–Crippen LogP) is 0.229. The van der Waals surface area contributed by atoms with E-state index < -0.39 is 16.2 Å². The van der Waals surface area contributed by atoms with Crippen LogP contribution in [-0.4, -0.2) is 96.5 Å². The molecule has 0 saturated heterocycles. The second-order valence-electron chi connectivity index (χ2n) is 15.8. The number of hydrogen-bond acceptors (Lipinski definition) is 6. The monoisotopic (exact) mass is 638 g/mol. The third-order valence-corrected chi connectivity index (χ3v) is 13.6. The van der Waals surface area contributed by atoms with Gasteiger partial charge in [-0.15, -0.1) is 0 Å². The fraction of sp³-hybridized carbons (Fsp3) is 0.969. The zero-order valence-electron chi connectivity index (χ0n) is 27.7. The number of carbonyl (C=O) groups excluding carboxylic acids is 1. The zero-order valence-corrected chi connectivity index (χ0v) is 30.5. The first kappa shape index (κ1) is 37.7. The van der Waals surface area contributed by atoms with Gasteiger partial charge < -0.3 is 25.1 Å². The second kappa shape index (κ2) is 14.5. The largest absolute Gasteiger partial charge is 1.00 e. The molecule has 0 aromatic carbocycles. The summed E-state index contributed by atoms with van der Waals surface area (Å²) < 4.78 is 31.5. The summed E-state index contributed by atoms with van der Waals surface area (Å²) in [5, 5.41) is 36.6. The van der Waals surface area contributed by atoms with Gasteiger partial charge in [0.05, 0.1) is 51.2 Å². The molecule has 0 aromatic heterocycles. The molecule has 0 radical (unpaired) electrons. The van der Waals surface area contributed by atoms with Crippen LogP contribution in [0.4, 0.5) is 0 Å². The molecule has 0 spiro atoms. The molecule has 4 rings (SSSR count). The van der Waals surface area contributed by atoms with E-state index in [0.717, 1.165) is 64.3 Å². The third kappa shape index (κ3) is 8.39. The fourth-order valence-corrected chi connectivity index (χ4v) is 10.8. The molecule has 11 atom stereocenters. The average molecular weight is 639 g/mol. The van der Waals surface area contributed by atoms with E-state index in [1.54, 1.807) is 0 Å². The summed E-state index contributed by atoms with van der Waals surface area (Å²) in [4.78, 5) is 12.7. The quantitative estimate of drug-likeness (QED) is 0.0891. The minimum Gasteiger partial charge on any atom is -0.393 e. The molecule has 4 saturated carbocycles. The number of nitrogens with one attached hydrogen (secondary N) is 1. The second-order valence-corrected chi connectivity index (χ2v) is 17.3. The van der Waals surface area contributed by atoms with E-state index in [0.29, 0.717) is 48.2 Å². The summed E-state index contributed by atoms with van der Waals surface area (Å²) in [7, 11) is 0.114. The first-order chi connectivity index (χ1) is 19.5. The Kier molecular flexibility index (Phi) is 12.7. The third-order valence-electron chi connectivity index (χ3n) is 12.8.